The molecule has 0 spiro atoms. The molecule has 6 nitrogen and oxygen atoms in total. The lowest BCUT2D eigenvalue weighted by molar-refractivity contribution is 0.00578. The van der Waals surface area contributed by atoms with Crippen LogP contribution in [0.15, 0.2) is 76.7 Å². The van der Waals surface area contributed by atoms with Gasteiger partial charge in [0.05, 0.1) is 11.2 Å². The average Bonchev–Trinajstić information content (AvgIpc) is 3.31. The minimum absolute atomic E-state index is 0.00673. The smallest absolute Gasteiger partial charge is 0.449 e. The lowest BCUT2D eigenvalue weighted by Crippen LogP contribution is -2.41. The van der Waals surface area contributed by atoms with Crippen molar-refractivity contribution in [3.8, 4) is 11.1 Å². The Kier molecular flexibility index (Phi) is 7.16. The Bertz CT molecular complexity index is 1340. The normalized spacial score (nSPS) is 17.7. The summed E-state index contributed by atoms with van der Waals surface area (Å²) in [6.45, 7) is 8.41. The van der Waals surface area contributed by atoms with E-state index < -0.39 is 24.4 Å². The number of fused-ring (bicyclic) bond motifs is 3. The summed E-state index contributed by atoms with van der Waals surface area (Å²) in [6, 6.07) is 22.2. The lowest BCUT2D eigenvalue weighted by atomic mass is 9.77. The van der Waals surface area contributed by atoms with Crippen molar-refractivity contribution in [2.24, 2.45) is 0 Å². The second kappa shape index (κ2) is 10.2. The largest absolute Gasteiger partial charge is 0.492 e. The van der Waals surface area contributed by atoms with Gasteiger partial charge in [0.2, 0.25) is 0 Å². The van der Waals surface area contributed by atoms with Crippen LogP contribution in [0, 0.1) is 0 Å². The van der Waals surface area contributed by atoms with Crippen LogP contribution in [0.3, 0.4) is 0 Å². The standard InChI is InChI=1S/C30H32BBrN2O4/c1-29(2)30(3,4)38-31(37-29)20(15-19-16-21(32)13-14-27(19)33)17-34-28(35)36-18-26-24-11-7-5-9-22(24)23-10-6-8-12-25(23)26/h5-16,26H,17-18,33H2,1-4H3,(H,34,35). The molecular weight excluding hydrogens is 543 g/mol. The molecule has 3 N–H and O–H groups in total. The third kappa shape index (κ3) is 5.13. The third-order valence-corrected chi connectivity index (χ3v) is 8.22. The van der Waals surface area contributed by atoms with Crippen molar-refractivity contribution in [3.05, 3.63) is 93.4 Å². The van der Waals surface area contributed by atoms with Crippen molar-refractivity contribution in [1.82, 2.24) is 5.32 Å². The monoisotopic (exact) mass is 574 g/mol. The van der Waals surface area contributed by atoms with Crippen molar-refractivity contribution in [2.45, 2.75) is 44.8 Å². The third-order valence-electron chi connectivity index (χ3n) is 7.73. The van der Waals surface area contributed by atoms with Crippen LogP contribution in [-0.4, -0.2) is 37.6 Å². The number of hydrogen-bond donors (Lipinski definition) is 2. The molecule has 0 radical (unpaired) electrons. The zero-order valence-electron chi connectivity index (χ0n) is 22.1. The maximum Gasteiger partial charge on any atom is 0.492 e. The summed E-state index contributed by atoms with van der Waals surface area (Å²) < 4.78 is 19.2. The number of alkyl carbamates (subject to hydrolysis) is 1. The zero-order valence-corrected chi connectivity index (χ0v) is 23.7. The topological polar surface area (TPSA) is 82.8 Å². The van der Waals surface area contributed by atoms with Crippen LogP contribution in [0.4, 0.5) is 10.5 Å². The van der Waals surface area contributed by atoms with Gasteiger partial charge in [-0.3, -0.25) is 0 Å². The summed E-state index contributed by atoms with van der Waals surface area (Å²) in [5, 5.41) is 2.90. The lowest BCUT2D eigenvalue weighted by Gasteiger charge is -2.32. The van der Waals surface area contributed by atoms with Crippen LogP contribution < -0.4 is 11.1 Å². The van der Waals surface area contributed by atoms with Gasteiger partial charge in [0, 0.05) is 22.6 Å². The molecule has 1 aliphatic heterocycles. The van der Waals surface area contributed by atoms with Gasteiger partial charge in [-0.1, -0.05) is 70.5 Å². The molecule has 0 saturated carbocycles. The minimum Gasteiger partial charge on any atom is -0.449 e. The van der Waals surface area contributed by atoms with E-state index in [2.05, 4.69) is 45.5 Å². The van der Waals surface area contributed by atoms with Gasteiger partial charge >= 0.3 is 13.2 Å². The van der Waals surface area contributed by atoms with E-state index in [0.29, 0.717) is 5.69 Å². The predicted octanol–water partition coefficient (Wildman–Crippen LogP) is 6.58. The van der Waals surface area contributed by atoms with Gasteiger partial charge in [-0.05, 0) is 79.2 Å². The Morgan fingerprint density at radius 2 is 1.58 bits per heavy atom. The molecule has 3 aromatic carbocycles. The first kappa shape index (κ1) is 26.5. The Hall–Kier alpha value is -3.07. The maximum absolute atomic E-state index is 12.9. The van der Waals surface area contributed by atoms with E-state index in [4.69, 9.17) is 19.8 Å². The molecule has 0 aromatic heterocycles. The quantitative estimate of drug-likeness (QED) is 0.256. The minimum atomic E-state index is -0.646. The number of ether oxygens (including phenoxy) is 1. The summed E-state index contributed by atoms with van der Waals surface area (Å²) in [4.78, 5) is 12.9. The Labute approximate surface area is 232 Å². The van der Waals surface area contributed by atoms with Crippen LogP contribution in [0.5, 0.6) is 0 Å². The Balaban J connectivity index is 1.31. The van der Waals surface area contributed by atoms with E-state index in [1.165, 1.54) is 22.3 Å². The summed E-state index contributed by atoms with van der Waals surface area (Å²) in [5.41, 5.74) is 12.1. The Morgan fingerprint density at radius 1 is 1.00 bits per heavy atom. The van der Waals surface area contributed by atoms with Crippen molar-refractivity contribution >= 4 is 40.9 Å². The fourth-order valence-electron chi connectivity index (χ4n) is 4.89. The highest BCUT2D eigenvalue weighted by molar-refractivity contribution is 9.10. The number of amides is 1. The van der Waals surface area contributed by atoms with Crippen LogP contribution >= 0.6 is 15.9 Å². The van der Waals surface area contributed by atoms with Gasteiger partial charge < -0.3 is 25.1 Å². The van der Waals surface area contributed by atoms with E-state index in [-0.39, 0.29) is 19.1 Å². The van der Waals surface area contributed by atoms with Gasteiger partial charge in [-0.25, -0.2) is 4.79 Å². The van der Waals surface area contributed by atoms with Crippen LogP contribution in [0.25, 0.3) is 17.2 Å². The molecule has 5 rings (SSSR count). The first-order valence-corrected chi connectivity index (χ1v) is 13.5. The van der Waals surface area contributed by atoms with Gasteiger partial charge in [-0.15, -0.1) is 0 Å². The van der Waals surface area contributed by atoms with Crippen LogP contribution in [-0.2, 0) is 14.0 Å². The summed E-state index contributed by atoms with van der Waals surface area (Å²) in [5.74, 6) is -0.00673. The number of nitrogens with two attached hydrogens (primary N) is 1. The highest BCUT2D eigenvalue weighted by Gasteiger charge is 2.52. The number of nitrogen functional groups attached to an aromatic ring is 1. The fraction of sp³-hybridized carbons (Fsp3) is 0.300. The molecule has 1 fully saturated rings. The molecule has 8 heteroatoms. The molecule has 0 bridgehead atoms. The average molecular weight is 575 g/mol. The number of anilines is 1. The predicted molar refractivity (Wildman–Crippen MR) is 156 cm³/mol. The van der Waals surface area contributed by atoms with E-state index >= 15 is 0 Å². The zero-order chi connectivity index (χ0) is 27.1. The maximum atomic E-state index is 12.9. The van der Waals surface area contributed by atoms with Crippen LogP contribution in [0.1, 0.15) is 50.3 Å². The molecule has 1 amide bonds. The molecule has 0 unspecified atom stereocenters. The number of benzene rings is 3. The van der Waals surface area contributed by atoms with E-state index in [1.807, 2.05) is 76.2 Å². The molecule has 0 atom stereocenters. The Morgan fingerprint density at radius 3 is 2.18 bits per heavy atom. The number of nitrogens with one attached hydrogen (secondary N) is 1. The van der Waals surface area contributed by atoms with E-state index in [0.717, 1.165) is 15.5 Å². The highest BCUT2D eigenvalue weighted by Crippen LogP contribution is 2.44. The van der Waals surface area contributed by atoms with Crippen molar-refractivity contribution in [3.63, 3.8) is 0 Å². The number of hydrogen-bond acceptors (Lipinski definition) is 5. The summed E-state index contributed by atoms with van der Waals surface area (Å²) >= 11 is 3.51. The second-order valence-electron chi connectivity index (χ2n) is 10.8. The first-order valence-electron chi connectivity index (χ1n) is 12.8. The molecule has 3 aromatic rings. The first-order chi connectivity index (χ1) is 18.1. The SMILES string of the molecule is CC1(C)OB(C(=Cc2cc(Br)ccc2N)CNC(=O)OCC2c3ccccc3-c3ccccc32)OC1(C)C. The van der Waals surface area contributed by atoms with E-state index in [9.17, 15) is 4.79 Å². The van der Waals surface area contributed by atoms with E-state index in [1.54, 1.807) is 0 Å². The number of rotatable bonds is 6. The number of halogens is 1. The van der Waals surface area contributed by atoms with Gasteiger partial charge in [0.25, 0.3) is 0 Å². The molecule has 1 heterocycles. The summed E-state index contributed by atoms with van der Waals surface area (Å²) in [7, 11) is -0.646. The second-order valence-corrected chi connectivity index (χ2v) is 11.7. The van der Waals surface area contributed by atoms with Crippen molar-refractivity contribution in [2.75, 3.05) is 18.9 Å². The van der Waals surface area contributed by atoms with Gasteiger partial charge in [-0.2, -0.15) is 0 Å². The summed E-state index contributed by atoms with van der Waals surface area (Å²) in [6.07, 6.45) is 1.41. The molecule has 1 aliphatic carbocycles. The number of carbonyl (C=O) groups is 1. The van der Waals surface area contributed by atoms with Crippen molar-refractivity contribution in [1.29, 1.82) is 0 Å². The van der Waals surface area contributed by atoms with Crippen molar-refractivity contribution < 1.29 is 18.8 Å². The molecule has 196 valence electrons. The molecule has 38 heavy (non-hydrogen) atoms. The molecule has 2 aliphatic rings. The fourth-order valence-corrected chi connectivity index (χ4v) is 5.27. The van der Waals surface area contributed by atoms with Gasteiger partial charge in [0.15, 0.2) is 0 Å². The number of carbonyl (C=O) groups excluding carboxylic acids is 1. The highest BCUT2D eigenvalue weighted by atomic mass is 79.9. The molecule has 1 saturated heterocycles. The van der Waals surface area contributed by atoms with Gasteiger partial charge in [0.1, 0.15) is 6.61 Å². The molecular formula is C30H32BBrN2O4. The van der Waals surface area contributed by atoms with Crippen LogP contribution in [0.2, 0.25) is 0 Å².